The number of aromatic hydroxyl groups is 1. The van der Waals surface area contributed by atoms with E-state index < -0.39 is 0 Å². The fourth-order valence-electron chi connectivity index (χ4n) is 1.02. The number of ether oxygens (including phenoxy) is 2. The number of phenolic OH excluding ortho intramolecular Hbond substituents is 1. The van der Waals surface area contributed by atoms with Crippen LogP contribution in [0.15, 0.2) is 18.2 Å². The summed E-state index contributed by atoms with van der Waals surface area (Å²) in [6.07, 6.45) is 0. The summed E-state index contributed by atoms with van der Waals surface area (Å²) in [6.45, 7) is 4.77. The minimum Gasteiger partial charge on any atom is -0.508 e. The summed E-state index contributed by atoms with van der Waals surface area (Å²) in [5.41, 5.74) is 0. The molecule has 0 aliphatic carbocycles. The summed E-state index contributed by atoms with van der Waals surface area (Å²) in [5.74, 6) is 1.85. The molecule has 0 aliphatic rings. The number of rotatable bonds is 4. The van der Waals surface area contributed by atoms with Crippen LogP contribution in [0.25, 0.3) is 0 Å². The standard InChI is InChI=1S/C11H16O3/c1-8(2)7-14-11-5-9(12)4-10(6-11)13-3/h4-6,8,12H,7H2,1-3H3. The Bertz CT molecular complexity index is 295. The van der Waals surface area contributed by atoms with Crippen molar-refractivity contribution in [2.24, 2.45) is 5.92 Å². The van der Waals surface area contributed by atoms with Gasteiger partial charge >= 0.3 is 0 Å². The Morgan fingerprint density at radius 3 is 2.43 bits per heavy atom. The van der Waals surface area contributed by atoms with Crippen LogP contribution < -0.4 is 9.47 Å². The van der Waals surface area contributed by atoms with Gasteiger partial charge in [0.2, 0.25) is 0 Å². The van der Waals surface area contributed by atoms with E-state index in [1.807, 2.05) is 0 Å². The number of methoxy groups -OCH3 is 1. The molecule has 0 spiro atoms. The lowest BCUT2D eigenvalue weighted by atomic mass is 10.2. The van der Waals surface area contributed by atoms with Gasteiger partial charge in [-0.3, -0.25) is 0 Å². The van der Waals surface area contributed by atoms with Gasteiger partial charge in [0.15, 0.2) is 0 Å². The van der Waals surface area contributed by atoms with E-state index in [0.717, 1.165) is 0 Å². The summed E-state index contributed by atoms with van der Waals surface area (Å²) in [4.78, 5) is 0. The quantitative estimate of drug-likeness (QED) is 0.803. The molecule has 0 saturated carbocycles. The van der Waals surface area contributed by atoms with Crippen LogP contribution in [0.4, 0.5) is 0 Å². The Balaban J connectivity index is 2.71. The summed E-state index contributed by atoms with van der Waals surface area (Å²) >= 11 is 0. The minimum atomic E-state index is 0.156. The highest BCUT2D eigenvalue weighted by Gasteiger charge is 2.02. The predicted octanol–water partition coefficient (Wildman–Crippen LogP) is 2.44. The van der Waals surface area contributed by atoms with E-state index in [-0.39, 0.29) is 5.75 Å². The SMILES string of the molecule is COc1cc(O)cc(OCC(C)C)c1. The zero-order valence-electron chi connectivity index (χ0n) is 8.78. The van der Waals surface area contributed by atoms with Gasteiger partial charge in [0.05, 0.1) is 13.7 Å². The van der Waals surface area contributed by atoms with Gasteiger partial charge in [-0.2, -0.15) is 0 Å². The van der Waals surface area contributed by atoms with E-state index in [1.165, 1.54) is 0 Å². The fraction of sp³-hybridized carbons (Fsp3) is 0.455. The first-order valence-electron chi connectivity index (χ1n) is 4.62. The van der Waals surface area contributed by atoms with Crippen molar-refractivity contribution < 1.29 is 14.6 Å². The molecule has 0 atom stereocenters. The topological polar surface area (TPSA) is 38.7 Å². The monoisotopic (exact) mass is 196 g/mol. The Morgan fingerprint density at radius 2 is 1.86 bits per heavy atom. The van der Waals surface area contributed by atoms with E-state index in [0.29, 0.717) is 24.0 Å². The van der Waals surface area contributed by atoms with Gasteiger partial charge in [-0.05, 0) is 5.92 Å². The molecule has 0 unspecified atom stereocenters. The van der Waals surface area contributed by atoms with Crippen molar-refractivity contribution in [2.45, 2.75) is 13.8 Å². The number of hydrogen-bond acceptors (Lipinski definition) is 3. The summed E-state index contributed by atoms with van der Waals surface area (Å²) < 4.78 is 10.5. The molecule has 1 aromatic rings. The maximum Gasteiger partial charge on any atom is 0.126 e. The van der Waals surface area contributed by atoms with Crippen molar-refractivity contribution in [3.8, 4) is 17.2 Å². The Morgan fingerprint density at radius 1 is 1.21 bits per heavy atom. The maximum absolute atomic E-state index is 9.33. The van der Waals surface area contributed by atoms with Gasteiger partial charge in [-0.15, -0.1) is 0 Å². The molecule has 1 rings (SSSR count). The summed E-state index contributed by atoms with van der Waals surface area (Å²) in [7, 11) is 1.56. The third-order valence-corrected chi connectivity index (χ3v) is 1.68. The molecule has 1 N–H and O–H groups in total. The first kappa shape index (κ1) is 10.7. The number of hydrogen-bond donors (Lipinski definition) is 1. The highest BCUT2D eigenvalue weighted by molar-refractivity contribution is 5.41. The van der Waals surface area contributed by atoms with Crippen LogP contribution >= 0.6 is 0 Å². The van der Waals surface area contributed by atoms with E-state index in [9.17, 15) is 5.11 Å². The molecule has 0 aliphatic heterocycles. The molecule has 0 fully saturated rings. The van der Waals surface area contributed by atoms with Crippen LogP contribution in [0.2, 0.25) is 0 Å². The van der Waals surface area contributed by atoms with Gasteiger partial charge in [0.1, 0.15) is 17.2 Å². The molecule has 3 heteroatoms. The second-order valence-electron chi connectivity index (χ2n) is 3.57. The molecular weight excluding hydrogens is 180 g/mol. The molecule has 14 heavy (non-hydrogen) atoms. The predicted molar refractivity (Wildman–Crippen MR) is 55.0 cm³/mol. The van der Waals surface area contributed by atoms with E-state index >= 15 is 0 Å². The van der Waals surface area contributed by atoms with Crippen molar-refractivity contribution in [3.63, 3.8) is 0 Å². The zero-order chi connectivity index (χ0) is 10.6. The molecule has 3 nitrogen and oxygen atoms in total. The van der Waals surface area contributed by atoms with Crippen molar-refractivity contribution in [1.82, 2.24) is 0 Å². The van der Waals surface area contributed by atoms with Crippen LogP contribution in [0, 0.1) is 5.92 Å². The zero-order valence-corrected chi connectivity index (χ0v) is 8.78. The highest BCUT2D eigenvalue weighted by Crippen LogP contribution is 2.26. The number of benzene rings is 1. The molecule has 0 heterocycles. The minimum absolute atomic E-state index is 0.156. The second kappa shape index (κ2) is 4.74. The van der Waals surface area contributed by atoms with E-state index in [1.54, 1.807) is 25.3 Å². The van der Waals surface area contributed by atoms with Gasteiger partial charge < -0.3 is 14.6 Å². The maximum atomic E-state index is 9.33. The Kier molecular flexibility index (Phi) is 3.63. The second-order valence-corrected chi connectivity index (χ2v) is 3.57. The van der Waals surface area contributed by atoms with E-state index in [2.05, 4.69) is 13.8 Å². The third kappa shape index (κ3) is 3.17. The summed E-state index contributed by atoms with van der Waals surface area (Å²) in [5, 5.41) is 9.33. The van der Waals surface area contributed by atoms with Crippen LogP contribution in [-0.2, 0) is 0 Å². The van der Waals surface area contributed by atoms with E-state index in [4.69, 9.17) is 9.47 Å². The lowest BCUT2D eigenvalue weighted by Gasteiger charge is -2.10. The normalized spacial score (nSPS) is 10.3. The average Bonchev–Trinajstić information content (AvgIpc) is 2.14. The lowest BCUT2D eigenvalue weighted by molar-refractivity contribution is 0.268. The molecule has 0 saturated heterocycles. The van der Waals surface area contributed by atoms with Gasteiger partial charge in [0.25, 0.3) is 0 Å². The highest BCUT2D eigenvalue weighted by atomic mass is 16.5. The fourth-order valence-corrected chi connectivity index (χ4v) is 1.02. The number of phenols is 1. The molecule has 1 aromatic carbocycles. The van der Waals surface area contributed by atoms with Crippen molar-refractivity contribution in [1.29, 1.82) is 0 Å². The molecule has 78 valence electrons. The van der Waals surface area contributed by atoms with Gasteiger partial charge in [-0.25, -0.2) is 0 Å². The van der Waals surface area contributed by atoms with Crippen LogP contribution in [0.3, 0.4) is 0 Å². The first-order chi connectivity index (χ1) is 6.61. The molecule has 0 amide bonds. The van der Waals surface area contributed by atoms with Crippen LogP contribution in [0.1, 0.15) is 13.8 Å². The average molecular weight is 196 g/mol. The van der Waals surface area contributed by atoms with Crippen molar-refractivity contribution >= 4 is 0 Å². The molecule has 0 aromatic heterocycles. The van der Waals surface area contributed by atoms with Crippen molar-refractivity contribution in [2.75, 3.05) is 13.7 Å². The third-order valence-electron chi connectivity index (χ3n) is 1.68. The summed E-state index contributed by atoms with van der Waals surface area (Å²) in [6, 6.07) is 4.87. The van der Waals surface area contributed by atoms with Gasteiger partial charge in [0, 0.05) is 18.2 Å². The molecular formula is C11H16O3. The molecule has 0 bridgehead atoms. The van der Waals surface area contributed by atoms with Crippen molar-refractivity contribution in [3.05, 3.63) is 18.2 Å². The van der Waals surface area contributed by atoms with Gasteiger partial charge in [-0.1, -0.05) is 13.8 Å². The Labute approximate surface area is 84.3 Å². The largest absolute Gasteiger partial charge is 0.508 e. The smallest absolute Gasteiger partial charge is 0.126 e. The Hall–Kier alpha value is -1.38. The lowest BCUT2D eigenvalue weighted by Crippen LogP contribution is -2.04. The van der Waals surface area contributed by atoms with Crippen LogP contribution in [0.5, 0.6) is 17.2 Å². The van der Waals surface area contributed by atoms with Crippen LogP contribution in [-0.4, -0.2) is 18.8 Å². The first-order valence-corrected chi connectivity index (χ1v) is 4.62. The molecule has 0 radical (unpaired) electrons.